The first-order chi connectivity index (χ1) is 9.25. The molecule has 0 radical (unpaired) electrons. The second-order valence-electron chi connectivity index (χ2n) is 4.38. The lowest BCUT2D eigenvalue weighted by Gasteiger charge is -2.20. The van der Waals surface area contributed by atoms with Gasteiger partial charge in [0, 0.05) is 11.9 Å². The van der Waals surface area contributed by atoms with Crippen molar-refractivity contribution in [2.45, 2.75) is 6.42 Å². The topological polar surface area (TPSA) is 50.3 Å². The van der Waals surface area contributed by atoms with Crippen molar-refractivity contribution in [1.29, 1.82) is 0 Å². The summed E-state index contributed by atoms with van der Waals surface area (Å²) >= 11 is 0. The highest BCUT2D eigenvalue weighted by molar-refractivity contribution is 6.08. The Kier molecular flexibility index (Phi) is 2.83. The van der Waals surface area contributed by atoms with Crippen LogP contribution in [0.4, 0.5) is 0 Å². The van der Waals surface area contributed by atoms with Gasteiger partial charge in [0.1, 0.15) is 5.69 Å². The Morgan fingerprint density at radius 1 is 1.16 bits per heavy atom. The van der Waals surface area contributed by atoms with Crippen molar-refractivity contribution in [3.8, 4) is 0 Å². The molecule has 2 heterocycles. The van der Waals surface area contributed by atoms with Crippen LogP contribution >= 0.6 is 0 Å². The molecular formula is C15H12N2O2. The summed E-state index contributed by atoms with van der Waals surface area (Å²) in [5, 5.41) is 0.976. The van der Waals surface area contributed by atoms with E-state index in [-0.39, 0.29) is 11.8 Å². The average molecular weight is 252 g/mol. The monoisotopic (exact) mass is 252 g/mol. The van der Waals surface area contributed by atoms with E-state index >= 15 is 0 Å². The summed E-state index contributed by atoms with van der Waals surface area (Å²) in [6, 6.07) is 11.1. The van der Waals surface area contributed by atoms with E-state index in [1.54, 1.807) is 12.1 Å². The second-order valence-corrected chi connectivity index (χ2v) is 4.38. The lowest BCUT2D eigenvalue weighted by Crippen LogP contribution is -2.38. The maximum absolute atomic E-state index is 12.3. The highest BCUT2D eigenvalue weighted by atomic mass is 16.2. The first-order valence-electron chi connectivity index (χ1n) is 6.14. The fourth-order valence-corrected chi connectivity index (χ4v) is 2.11. The van der Waals surface area contributed by atoms with Gasteiger partial charge in [0.25, 0.3) is 11.8 Å². The number of amides is 2. The number of fused-ring (bicyclic) bond motifs is 1. The summed E-state index contributed by atoms with van der Waals surface area (Å²) in [4.78, 5) is 29.5. The van der Waals surface area contributed by atoms with E-state index in [9.17, 15) is 9.59 Å². The van der Waals surface area contributed by atoms with Crippen molar-refractivity contribution in [3.05, 3.63) is 54.2 Å². The highest BCUT2D eigenvalue weighted by Crippen LogP contribution is 2.14. The summed E-state index contributed by atoms with van der Waals surface area (Å²) in [5.74, 6) is -0.605. The van der Waals surface area contributed by atoms with Gasteiger partial charge in [0.15, 0.2) is 0 Å². The molecule has 4 heteroatoms. The van der Waals surface area contributed by atoms with Gasteiger partial charge >= 0.3 is 0 Å². The minimum atomic E-state index is -0.333. The van der Waals surface area contributed by atoms with Crippen molar-refractivity contribution in [2.24, 2.45) is 0 Å². The number of benzene rings is 1. The molecule has 0 bridgehead atoms. The van der Waals surface area contributed by atoms with E-state index in [2.05, 4.69) is 4.98 Å². The van der Waals surface area contributed by atoms with Gasteiger partial charge in [-0.3, -0.25) is 14.5 Å². The molecule has 0 atom stereocenters. The Bertz CT molecular complexity index is 691. The Balaban J connectivity index is 1.97. The molecule has 0 saturated heterocycles. The van der Waals surface area contributed by atoms with Crippen molar-refractivity contribution >= 4 is 22.7 Å². The van der Waals surface area contributed by atoms with Gasteiger partial charge in [-0.1, -0.05) is 30.3 Å². The molecule has 19 heavy (non-hydrogen) atoms. The maximum Gasteiger partial charge on any atom is 0.279 e. The minimum absolute atomic E-state index is 0.272. The Morgan fingerprint density at radius 3 is 2.84 bits per heavy atom. The number of nitrogens with zero attached hydrogens (tertiary/aromatic N) is 2. The zero-order valence-corrected chi connectivity index (χ0v) is 10.2. The maximum atomic E-state index is 12.3. The van der Waals surface area contributed by atoms with Crippen molar-refractivity contribution in [2.75, 3.05) is 6.54 Å². The summed E-state index contributed by atoms with van der Waals surface area (Å²) < 4.78 is 0. The van der Waals surface area contributed by atoms with Gasteiger partial charge in [-0.15, -0.1) is 0 Å². The molecule has 2 amide bonds. The van der Waals surface area contributed by atoms with Crippen LogP contribution in [0.2, 0.25) is 0 Å². The van der Waals surface area contributed by atoms with Crippen LogP contribution in [0.3, 0.4) is 0 Å². The van der Waals surface area contributed by atoms with Gasteiger partial charge in [-0.2, -0.15) is 0 Å². The Morgan fingerprint density at radius 2 is 2.00 bits per heavy atom. The third-order valence-corrected chi connectivity index (χ3v) is 3.11. The number of hydrogen-bond acceptors (Lipinski definition) is 3. The fourth-order valence-electron chi connectivity index (χ4n) is 2.11. The predicted octanol–water partition coefficient (Wildman–Crippen LogP) is 2.16. The SMILES string of the molecule is O=C1C=CCCN1C(=O)c1ccc2ccccc2n1. The molecule has 3 rings (SSSR count). The molecule has 94 valence electrons. The molecule has 0 fully saturated rings. The number of hydrogen-bond donors (Lipinski definition) is 0. The third kappa shape index (κ3) is 2.12. The molecule has 0 N–H and O–H groups in total. The van der Waals surface area contributed by atoms with Crippen LogP contribution in [0.5, 0.6) is 0 Å². The second kappa shape index (κ2) is 4.65. The van der Waals surface area contributed by atoms with Gasteiger partial charge in [-0.25, -0.2) is 4.98 Å². The fraction of sp³-hybridized carbons (Fsp3) is 0.133. The van der Waals surface area contributed by atoms with Crippen LogP contribution in [0.15, 0.2) is 48.6 Å². The summed E-state index contributed by atoms with van der Waals surface area (Å²) in [6.45, 7) is 0.419. The number of carbonyl (C=O) groups is 2. The molecule has 0 spiro atoms. The quantitative estimate of drug-likeness (QED) is 0.731. The van der Waals surface area contributed by atoms with Crippen molar-refractivity contribution in [3.63, 3.8) is 0 Å². The predicted molar refractivity (Wildman–Crippen MR) is 71.5 cm³/mol. The molecule has 1 aliphatic rings. The third-order valence-electron chi connectivity index (χ3n) is 3.11. The summed E-state index contributed by atoms with van der Waals surface area (Å²) in [6.07, 6.45) is 3.91. The van der Waals surface area contributed by atoms with Gasteiger partial charge in [0.2, 0.25) is 0 Å². The van der Waals surface area contributed by atoms with Gasteiger partial charge in [0.05, 0.1) is 5.52 Å². The summed E-state index contributed by atoms with van der Waals surface area (Å²) in [5.41, 5.74) is 1.07. The average Bonchev–Trinajstić information content (AvgIpc) is 2.46. The lowest BCUT2D eigenvalue weighted by atomic mass is 10.2. The van der Waals surface area contributed by atoms with E-state index < -0.39 is 0 Å². The number of aromatic nitrogens is 1. The zero-order chi connectivity index (χ0) is 13.2. The van der Waals surface area contributed by atoms with E-state index in [0.717, 1.165) is 10.9 Å². The molecule has 0 saturated carbocycles. The standard InChI is InChI=1S/C15H12N2O2/c18-14-7-3-4-10-17(14)15(19)13-9-8-11-5-1-2-6-12(11)16-13/h1-3,5-9H,4,10H2. The molecule has 1 aromatic carbocycles. The van der Waals surface area contributed by atoms with Crippen LogP contribution in [0.25, 0.3) is 10.9 Å². The van der Waals surface area contributed by atoms with Crippen LogP contribution in [0.1, 0.15) is 16.9 Å². The molecular weight excluding hydrogens is 240 g/mol. The van der Waals surface area contributed by atoms with Crippen LogP contribution < -0.4 is 0 Å². The van der Waals surface area contributed by atoms with E-state index in [1.165, 1.54) is 11.0 Å². The largest absolute Gasteiger partial charge is 0.279 e. The van der Waals surface area contributed by atoms with Crippen molar-refractivity contribution < 1.29 is 9.59 Å². The lowest BCUT2D eigenvalue weighted by molar-refractivity contribution is -0.124. The molecule has 1 aliphatic heterocycles. The number of carbonyl (C=O) groups excluding carboxylic acids is 2. The molecule has 1 aromatic heterocycles. The molecule has 4 nitrogen and oxygen atoms in total. The highest BCUT2D eigenvalue weighted by Gasteiger charge is 2.23. The minimum Gasteiger partial charge on any atom is -0.273 e. The van der Waals surface area contributed by atoms with E-state index in [0.29, 0.717) is 18.7 Å². The van der Waals surface area contributed by atoms with Crippen LogP contribution in [-0.4, -0.2) is 28.2 Å². The van der Waals surface area contributed by atoms with E-state index in [4.69, 9.17) is 0 Å². The Hall–Kier alpha value is -2.49. The summed E-state index contributed by atoms with van der Waals surface area (Å²) in [7, 11) is 0. The first-order valence-corrected chi connectivity index (χ1v) is 6.14. The first kappa shape index (κ1) is 11.6. The number of para-hydroxylation sites is 1. The van der Waals surface area contributed by atoms with Crippen LogP contribution in [0, 0.1) is 0 Å². The molecule has 0 aliphatic carbocycles. The smallest absolute Gasteiger partial charge is 0.273 e. The molecule has 0 unspecified atom stereocenters. The molecule has 2 aromatic rings. The van der Waals surface area contributed by atoms with Crippen LogP contribution in [-0.2, 0) is 4.79 Å². The number of pyridine rings is 1. The van der Waals surface area contributed by atoms with Crippen molar-refractivity contribution in [1.82, 2.24) is 9.88 Å². The Labute approximate surface area is 110 Å². The van der Waals surface area contributed by atoms with Gasteiger partial charge in [-0.05, 0) is 24.6 Å². The normalized spacial score (nSPS) is 14.9. The number of rotatable bonds is 1. The van der Waals surface area contributed by atoms with Gasteiger partial charge < -0.3 is 0 Å². The number of imide groups is 1. The van der Waals surface area contributed by atoms with E-state index in [1.807, 2.05) is 30.3 Å². The zero-order valence-electron chi connectivity index (χ0n) is 10.2.